The highest BCUT2D eigenvalue weighted by Gasteiger charge is 2.34. The lowest BCUT2D eigenvalue weighted by Crippen LogP contribution is -2.52. The minimum absolute atomic E-state index is 0.0435. The van der Waals surface area contributed by atoms with Crippen molar-refractivity contribution >= 4 is 23.9 Å². The predicted octanol–water partition coefficient (Wildman–Crippen LogP) is 3.02. The first-order chi connectivity index (χ1) is 20.1. The van der Waals surface area contributed by atoms with E-state index < -0.39 is 29.6 Å². The van der Waals surface area contributed by atoms with E-state index in [4.69, 9.17) is 9.47 Å². The number of allylic oxidation sites excluding steroid dienone is 1. The third kappa shape index (κ3) is 8.42. The van der Waals surface area contributed by atoms with Crippen LogP contribution in [0.1, 0.15) is 49.8 Å². The Morgan fingerprint density at radius 1 is 1.05 bits per heavy atom. The smallest absolute Gasteiger partial charge is 0.408 e. The zero-order chi connectivity index (χ0) is 30.1. The van der Waals surface area contributed by atoms with Crippen LogP contribution in [0.25, 0.3) is 0 Å². The first kappa shape index (κ1) is 30.8. The lowest BCUT2D eigenvalue weighted by atomic mass is 9.92. The number of hydrogen-bond acceptors (Lipinski definition) is 7. The van der Waals surface area contributed by atoms with Crippen LogP contribution in [0, 0.1) is 5.92 Å². The molecule has 10 heteroatoms. The molecule has 224 valence electrons. The number of cyclic esters (lactones) is 1. The second kappa shape index (κ2) is 14.1. The largest absolute Gasteiger partial charge is 0.462 e. The number of nitrogens with one attached hydrogen (secondary N) is 2. The average Bonchev–Trinajstić information content (AvgIpc) is 2.98. The number of aliphatic hydroxyl groups excluding tert-OH is 1. The standard InChI is InChI=1S/C32H39N3O7/c1-32(2)21-42-30(39)27(33-31(40)41-20-22-10-4-3-5-11-22)15-9-8-13-24(29(38)34-32)17-28(37)35-18-25-14-7-6-12-23(25)16-26(35)19-36/h3-12,14,24,26-27,36H,13,15-21H2,1-2H3,(H,33,40)(H,34,38). The average molecular weight is 578 g/mol. The van der Waals surface area contributed by atoms with E-state index >= 15 is 0 Å². The van der Waals surface area contributed by atoms with Crippen molar-refractivity contribution in [1.82, 2.24) is 15.5 Å². The zero-order valence-corrected chi connectivity index (χ0v) is 24.1. The van der Waals surface area contributed by atoms with Crippen LogP contribution < -0.4 is 10.6 Å². The van der Waals surface area contributed by atoms with Crippen LogP contribution in [-0.2, 0) is 43.4 Å². The molecule has 3 N–H and O–H groups in total. The van der Waals surface area contributed by atoms with Crippen LogP contribution in [-0.4, -0.2) is 64.7 Å². The van der Waals surface area contributed by atoms with Crippen LogP contribution in [0.3, 0.4) is 0 Å². The van der Waals surface area contributed by atoms with E-state index in [2.05, 4.69) is 10.6 Å². The molecule has 0 bridgehead atoms. The van der Waals surface area contributed by atoms with Crippen molar-refractivity contribution < 1.29 is 33.8 Å². The quantitative estimate of drug-likeness (QED) is 0.355. The van der Waals surface area contributed by atoms with Gasteiger partial charge in [-0.25, -0.2) is 9.59 Å². The summed E-state index contributed by atoms with van der Waals surface area (Å²) in [4.78, 5) is 53.7. The fourth-order valence-corrected chi connectivity index (χ4v) is 5.09. The number of carbonyl (C=O) groups excluding carboxylic acids is 4. The van der Waals surface area contributed by atoms with Gasteiger partial charge in [0.25, 0.3) is 0 Å². The molecule has 10 nitrogen and oxygen atoms in total. The molecule has 0 aromatic heterocycles. The van der Waals surface area contributed by atoms with Gasteiger partial charge in [0.2, 0.25) is 11.8 Å². The van der Waals surface area contributed by atoms with Gasteiger partial charge in [0, 0.05) is 13.0 Å². The van der Waals surface area contributed by atoms with Gasteiger partial charge in [-0.3, -0.25) is 9.59 Å². The normalized spacial score (nSPS) is 22.5. The van der Waals surface area contributed by atoms with Gasteiger partial charge in [-0.05, 0) is 49.8 Å². The van der Waals surface area contributed by atoms with Crippen LogP contribution in [0.15, 0.2) is 66.7 Å². The Hall–Kier alpha value is -4.18. The Morgan fingerprint density at radius 3 is 2.48 bits per heavy atom. The molecule has 0 spiro atoms. The fraction of sp³-hybridized carbons (Fsp3) is 0.438. The van der Waals surface area contributed by atoms with Crippen LogP contribution in [0.2, 0.25) is 0 Å². The molecular weight excluding hydrogens is 538 g/mol. The summed E-state index contributed by atoms with van der Waals surface area (Å²) in [6.45, 7) is 3.57. The molecule has 2 aromatic rings. The SMILES string of the molecule is CC1(C)COC(=O)C(NC(=O)OCc2ccccc2)CC=CCC(CC(=O)N2Cc3ccccc3CC2CO)C(=O)N1. The maximum Gasteiger partial charge on any atom is 0.408 e. The lowest BCUT2D eigenvalue weighted by molar-refractivity contribution is -0.149. The van der Waals surface area contributed by atoms with E-state index in [1.807, 2.05) is 54.6 Å². The molecule has 0 saturated heterocycles. The van der Waals surface area contributed by atoms with Gasteiger partial charge in [-0.1, -0.05) is 66.7 Å². The van der Waals surface area contributed by atoms with Crippen molar-refractivity contribution in [3.8, 4) is 0 Å². The first-order valence-corrected chi connectivity index (χ1v) is 14.2. The summed E-state index contributed by atoms with van der Waals surface area (Å²) in [5.74, 6) is -1.87. The van der Waals surface area contributed by atoms with Gasteiger partial charge in [0.1, 0.15) is 19.3 Å². The van der Waals surface area contributed by atoms with E-state index in [9.17, 15) is 24.3 Å². The number of ether oxygens (including phenoxy) is 2. The van der Waals surface area contributed by atoms with Gasteiger partial charge in [0.15, 0.2) is 0 Å². The summed E-state index contributed by atoms with van der Waals surface area (Å²) in [5.41, 5.74) is 2.02. The molecule has 0 saturated carbocycles. The number of esters is 1. The Balaban J connectivity index is 1.43. The van der Waals surface area contributed by atoms with E-state index in [-0.39, 0.29) is 56.9 Å². The first-order valence-electron chi connectivity index (χ1n) is 14.2. The third-order valence-electron chi connectivity index (χ3n) is 7.46. The number of fused-ring (bicyclic) bond motifs is 1. The molecule has 0 fully saturated rings. The van der Waals surface area contributed by atoms with Crippen LogP contribution in [0.4, 0.5) is 4.79 Å². The summed E-state index contributed by atoms with van der Waals surface area (Å²) in [7, 11) is 0. The van der Waals surface area contributed by atoms with E-state index in [1.165, 1.54) is 0 Å². The zero-order valence-electron chi connectivity index (χ0n) is 24.1. The molecule has 2 aromatic carbocycles. The Labute approximate surface area is 246 Å². The van der Waals surface area contributed by atoms with Gasteiger partial charge in [0.05, 0.1) is 24.1 Å². The van der Waals surface area contributed by atoms with Crippen LogP contribution >= 0.6 is 0 Å². The van der Waals surface area contributed by atoms with Gasteiger partial charge < -0.3 is 30.1 Å². The van der Waals surface area contributed by atoms with Gasteiger partial charge >= 0.3 is 12.1 Å². The molecular formula is C32H39N3O7. The maximum absolute atomic E-state index is 13.5. The summed E-state index contributed by atoms with van der Waals surface area (Å²) in [5, 5.41) is 15.5. The number of amides is 3. The highest BCUT2D eigenvalue weighted by atomic mass is 16.6. The molecule has 3 amide bonds. The molecule has 3 unspecified atom stereocenters. The lowest BCUT2D eigenvalue weighted by Gasteiger charge is -2.37. The summed E-state index contributed by atoms with van der Waals surface area (Å²) < 4.78 is 10.7. The second-order valence-electron chi connectivity index (χ2n) is 11.4. The van der Waals surface area contributed by atoms with E-state index in [1.54, 1.807) is 30.9 Å². The monoisotopic (exact) mass is 577 g/mol. The van der Waals surface area contributed by atoms with E-state index in [0.717, 1.165) is 16.7 Å². The Bertz CT molecular complexity index is 1290. The molecule has 0 radical (unpaired) electrons. The summed E-state index contributed by atoms with van der Waals surface area (Å²) in [6.07, 6.45) is 3.56. The minimum Gasteiger partial charge on any atom is -0.462 e. The topological polar surface area (TPSA) is 134 Å². The number of aliphatic hydroxyl groups is 1. The van der Waals surface area contributed by atoms with Crippen molar-refractivity contribution in [2.24, 2.45) is 5.92 Å². The molecule has 2 aliphatic rings. The molecule has 2 aliphatic heterocycles. The van der Waals surface area contributed by atoms with Gasteiger partial charge in [-0.15, -0.1) is 0 Å². The summed E-state index contributed by atoms with van der Waals surface area (Å²) >= 11 is 0. The molecule has 3 atom stereocenters. The third-order valence-corrected chi connectivity index (χ3v) is 7.46. The van der Waals surface area contributed by atoms with Crippen molar-refractivity contribution in [1.29, 1.82) is 0 Å². The second-order valence-corrected chi connectivity index (χ2v) is 11.4. The molecule has 2 heterocycles. The maximum atomic E-state index is 13.5. The highest BCUT2D eigenvalue weighted by Crippen LogP contribution is 2.26. The molecule has 4 rings (SSSR count). The van der Waals surface area contributed by atoms with Crippen molar-refractivity contribution in [2.75, 3.05) is 13.2 Å². The Morgan fingerprint density at radius 2 is 1.74 bits per heavy atom. The number of carbonyl (C=O) groups is 4. The predicted molar refractivity (Wildman–Crippen MR) is 155 cm³/mol. The highest BCUT2D eigenvalue weighted by molar-refractivity contribution is 5.87. The molecule has 42 heavy (non-hydrogen) atoms. The number of benzene rings is 2. The summed E-state index contributed by atoms with van der Waals surface area (Å²) in [6, 6.07) is 15.7. The fourth-order valence-electron chi connectivity index (χ4n) is 5.09. The number of nitrogens with zero attached hydrogens (tertiary/aromatic N) is 1. The van der Waals surface area contributed by atoms with Crippen molar-refractivity contribution in [3.05, 3.63) is 83.4 Å². The molecule has 0 aliphatic carbocycles. The number of hydrogen-bond donors (Lipinski definition) is 3. The van der Waals surface area contributed by atoms with E-state index in [0.29, 0.717) is 13.0 Å². The van der Waals surface area contributed by atoms with Crippen molar-refractivity contribution in [3.63, 3.8) is 0 Å². The minimum atomic E-state index is -0.991. The van der Waals surface area contributed by atoms with Crippen LogP contribution in [0.5, 0.6) is 0 Å². The van der Waals surface area contributed by atoms with Crippen molar-refractivity contribution in [2.45, 2.75) is 70.3 Å². The number of rotatable bonds is 6. The number of alkyl carbamates (subject to hydrolysis) is 1. The van der Waals surface area contributed by atoms with Gasteiger partial charge in [-0.2, -0.15) is 0 Å². The Kier molecular flexibility index (Phi) is 10.4.